The Kier molecular flexibility index (Phi) is 5.30. The monoisotopic (exact) mass is 412 g/mol. The van der Waals surface area contributed by atoms with Crippen LogP contribution >= 0.6 is 11.8 Å². The molecule has 0 radical (unpaired) electrons. The third-order valence-corrected chi connectivity index (χ3v) is 5.27. The number of methoxy groups -OCH3 is 3. The topological polar surface area (TPSA) is 95.3 Å². The highest BCUT2D eigenvalue weighted by molar-refractivity contribution is 7.98. The molecular formula is C20H20N4O4S. The molecule has 0 unspecified atom stereocenters. The second-order valence-corrected chi connectivity index (χ2v) is 7.11. The standard InChI is InChI=1S/C20H20N4O4S/c1-11-14(10-29-20-23-13-6-5-7-21-18(13)24-20)22-19(28-11)12-8-15(25-2)17(27-4)16(9-12)26-3/h5-9H,10H2,1-4H3,(H,21,23,24). The molecule has 0 bridgehead atoms. The summed E-state index contributed by atoms with van der Waals surface area (Å²) >= 11 is 1.54. The number of ether oxygens (including phenoxy) is 3. The molecule has 0 spiro atoms. The van der Waals surface area contributed by atoms with Crippen LogP contribution in [-0.4, -0.2) is 41.3 Å². The number of nitrogens with zero attached hydrogens (tertiary/aromatic N) is 3. The molecular weight excluding hydrogens is 392 g/mol. The number of aryl methyl sites for hydroxylation is 1. The molecule has 0 aliphatic carbocycles. The number of benzene rings is 1. The van der Waals surface area contributed by atoms with Gasteiger partial charge in [0.1, 0.15) is 5.76 Å². The van der Waals surface area contributed by atoms with E-state index in [1.807, 2.05) is 31.2 Å². The summed E-state index contributed by atoms with van der Waals surface area (Å²) in [7, 11) is 4.72. The van der Waals surface area contributed by atoms with Gasteiger partial charge in [-0.3, -0.25) is 0 Å². The van der Waals surface area contributed by atoms with Crippen molar-refractivity contribution >= 4 is 22.9 Å². The van der Waals surface area contributed by atoms with Gasteiger partial charge in [-0.1, -0.05) is 11.8 Å². The first-order valence-electron chi connectivity index (χ1n) is 8.83. The van der Waals surface area contributed by atoms with E-state index in [4.69, 9.17) is 18.6 Å². The highest BCUT2D eigenvalue weighted by Gasteiger charge is 2.18. The Labute approximate surface area is 171 Å². The lowest BCUT2D eigenvalue weighted by Crippen LogP contribution is -1.95. The summed E-state index contributed by atoms with van der Waals surface area (Å²) in [6.45, 7) is 1.89. The minimum absolute atomic E-state index is 0.489. The third-order valence-electron chi connectivity index (χ3n) is 4.39. The Morgan fingerprint density at radius 3 is 2.48 bits per heavy atom. The van der Waals surface area contributed by atoms with Gasteiger partial charge in [0, 0.05) is 17.5 Å². The Bertz CT molecular complexity index is 1100. The van der Waals surface area contributed by atoms with E-state index in [0.717, 1.165) is 27.7 Å². The van der Waals surface area contributed by atoms with Gasteiger partial charge in [0.15, 0.2) is 22.3 Å². The first-order valence-corrected chi connectivity index (χ1v) is 9.81. The number of H-pyrrole nitrogens is 1. The van der Waals surface area contributed by atoms with Gasteiger partial charge < -0.3 is 23.6 Å². The first kappa shape index (κ1) is 19.1. The van der Waals surface area contributed by atoms with Gasteiger partial charge in [0.2, 0.25) is 11.6 Å². The number of pyridine rings is 1. The molecule has 3 heterocycles. The Hall–Kier alpha value is -3.20. The zero-order valence-electron chi connectivity index (χ0n) is 16.5. The van der Waals surface area contributed by atoms with Crippen LogP contribution < -0.4 is 14.2 Å². The molecule has 4 rings (SSSR count). The molecule has 0 saturated carbocycles. The van der Waals surface area contributed by atoms with Crippen LogP contribution in [0.2, 0.25) is 0 Å². The minimum atomic E-state index is 0.489. The molecule has 0 aliphatic rings. The molecule has 1 aromatic carbocycles. The van der Waals surface area contributed by atoms with E-state index >= 15 is 0 Å². The van der Waals surface area contributed by atoms with Gasteiger partial charge >= 0.3 is 0 Å². The lowest BCUT2D eigenvalue weighted by atomic mass is 10.2. The van der Waals surface area contributed by atoms with Gasteiger partial charge in [0.25, 0.3) is 0 Å². The van der Waals surface area contributed by atoms with E-state index < -0.39 is 0 Å². The van der Waals surface area contributed by atoms with E-state index in [2.05, 4.69) is 19.9 Å². The molecule has 150 valence electrons. The molecule has 8 nitrogen and oxygen atoms in total. The van der Waals surface area contributed by atoms with Crippen molar-refractivity contribution in [3.05, 3.63) is 41.9 Å². The molecule has 0 atom stereocenters. The van der Waals surface area contributed by atoms with Gasteiger partial charge in [-0.15, -0.1) is 0 Å². The predicted molar refractivity (Wildman–Crippen MR) is 110 cm³/mol. The van der Waals surface area contributed by atoms with E-state index in [9.17, 15) is 0 Å². The van der Waals surface area contributed by atoms with Crippen molar-refractivity contribution in [1.82, 2.24) is 19.9 Å². The van der Waals surface area contributed by atoms with Crippen LogP contribution in [0.3, 0.4) is 0 Å². The lowest BCUT2D eigenvalue weighted by Gasteiger charge is -2.12. The second-order valence-electron chi connectivity index (χ2n) is 6.14. The minimum Gasteiger partial charge on any atom is -0.493 e. The molecule has 29 heavy (non-hydrogen) atoms. The van der Waals surface area contributed by atoms with Crippen molar-refractivity contribution in [2.24, 2.45) is 0 Å². The molecule has 0 aliphatic heterocycles. The van der Waals surface area contributed by atoms with E-state index in [-0.39, 0.29) is 0 Å². The maximum Gasteiger partial charge on any atom is 0.226 e. The highest BCUT2D eigenvalue weighted by Crippen LogP contribution is 2.41. The Morgan fingerprint density at radius 2 is 1.83 bits per heavy atom. The number of rotatable bonds is 7. The first-order chi connectivity index (χ1) is 14.1. The number of fused-ring (bicyclic) bond motifs is 1. The zero-order chi connectivity index (χ0) is 20.4. The number of hydrogen-bond donors (Lipinski definition) is 1. The Balaban J connectivity index is 1.59. The molecule has 9 heteroatoms. The number of aromatic amines is 1. The van der Waals surface area contributed by atoms with E-state index in [1.54, 1.807) is 39.3 Å². The second kappa shape index (κ2) is 8.04. The summed E-state index contributed by atoms with van der Waals surface area (Å²) < 4.78 is 22.1. The summed E-state index contributed by atoms with van der Waals surface area (Å²) in [4.78, 5) is 16.6. The van der Waals surface area contributed by atoms with Crippen molar-refractivity contribution in [2.45, 2.75) is 17.8 Å². The number of hydrogen-bond acceptors (Lipinski definition) is 8. The number of oxazole rings is 1. The predicted octanol–water partition coefficient (Wildman–Crippen LogP) is 4.24. The van der Waals surface area contributed by atoms with Crippen LogP contribution in [0, 0.1) is 6.92 Å². The van der Waals surface area contributed by atoms with Crippen molar-refractivity contribution in [1.29, 1.82) is 0 Å². The smallest absolute Gasteiger partial charge is 0.226 e. The fraction of sp³-hybridized carbons (Fsp3) is 0.250. The van der Waals surface area contributed by atoms with Gasteiger partial charge in [-0.25, -0.2) is 15.0 Å². The number of imidazole rings is 1. The van der Waals surface area contributed by atoms with Crippen LogP contribution in [0.25, 0.3) is 22.6 Å². The van der Waals surface area contributed by atoms with Crippen molar-refractivity contribution < 1.29 is 18.6 Å². The number of thioether (sulfide) groups is 1. The quantitative estimate of drug-likeness (QED) is 0.450. The fourth-order valence-electron chi connectivity index (χ4n) is 2.92. The van der Waals surface area contributed by atoms with E-state index in [1.165, 1.54) is 0 Å². The lowest BCUT2D eigenvalue weighted by molar-refractivity contribution is 0.324. The average Bonchev–Trinajstić information content (AvgIpc) is 3.33. The maximum atomic E-state index is 5.90. The Morgan fingerprint density at radius 1 is 1.07 bits per heavy atom. The average molecular weight is 412 g/mol. The molecule has 0 fully saturated rings. The summed E-state index contributed by atoms with van der Waals surface area (Å²) in [5.74, 6) is 3.46. The van der Waals surface area contributed by atoms with Gasteiger partial charge in [-0.05, 0) is 31.2 Å². The van der Waals surface area contributed by atoms with Crippen LogP contribution in [0.15, 0.2) is 40.0 Å². The molecule has 0 amide bonds. The summed E-state index contributed by atoms with van der Waals surface area (Å²) in [6.07, 6.45) is 1.73. The number of aromatic nitrogens is 4. The zero-order valence-corrected chi connectivity index (χ0v) is 17.3. The maximum absolute atomic E-state index is 5.90. The van der Waals surface area contributed by atoms with Crippen molar-refractivity contribution in [3.8, 4) is 28.7 Å². The van der Waals surface area contributed by atoms with Crippen LogP contribution in [0.5, 0.6) is 17.2 Å². The summed E-state index contributed by atoms with van der Waals surface area (Å²) in [6, 6.07) is 7.45. The van der Waals surface area contributed by atoms with E-state index in [0.29, 0.717) is 34.5 Å². The molecule has 4 aromatic rings. The van der Waals surface area contributed by atoms with Crippen LogP contribution in [0.4, 0.5) is 0 Å². The highest BCUT2D eigenvalue weighted by atomic mass is 32.2. The summed E-state index contributed by atoms with van der Waals surface area (Å²) in [5.41, 5.74) is 3.19. The molecule has 1 N–H and O–H groups in total. The fourth-order valence-corrected chi connectivity index (χ4v) is 3.79. The number of nitrogens with one attached hydrogen (secondary N) is 1. The van der Waals surface area contributed by atoms with Gasteiger partial charge in [0.05, 0.1) is 32.5 Å². The normalized spacial score (nSPS) is 11.0. The van der Waals surface area contributed by atoms with Crippen LogP contribution in [-0.2, 0) is 5.75 Å². The van der Waals surface area contributed by atoms with Crippen molar-refractivity contribution in [2.75, 3.05) is 21.3 Å². The summed E-state index contributed by atoms with van der Waals surface area (Å²) in [5, 5.41) is 0.787. The SMILES string of the molecule is COc1cc(-c2nc(CSc3nc4ncccc4[nH]3)c(C)o2)cc(OC)c1OC. The molecule has 3 aromatic heterocycles. The van der Waals surface area contributed by atoms with Crippen molar-refractivity contribution in [3.63, 3.8) is 0 Å². The van der Waals surface area contributed by atoms with Gasteiger partial charge in [-0.2, -0.15) is 0 Å². The third kappa shape index (κ3) is 3.73. The van der Waals surface area contributed by atoms with Crippen LogP contribution in [0.1, 0.15) is 11.5 Å². The molecule has 0 saturated heterocycles. The largest absolute Gasteiger partial charge is 0.493 e.